The van der Waals surface area contributed by atoms with Crippen molar-refractivity contribution in [2.75, 3.05) is 5.73 Å². The first-order valence-corrected chi connectivity index (χ1v) is 5.04. The molecule has 0 amide bonds. The van der Waals surface area contributed by atoms with Crippen LogP contribution in [0.2, 0.25) is 0 Å². The van der Waals surface area contributed by atoms with E-state index in [9.17, 15) is 0 Å². The molecule has 2 N–H and O–H groups in total. The first-order chi connectivity index (χ1) is 6.66. The molecule has 0 aromatic carbocycles. The number of anilines is 1. The zero-order valence-corrected chi connectivity index (χ0v) is 8.88. The summed E-state index contributed by atoms with van der Waals surface area (Å²) in [5.74, 6) is 0. The summed E-state index contributed by atoms with van der Waals surface area (Å²) in [6.07, 6.45) is 1.81. The molecule has 0 unspecified atom stereocenters. The van der Waals surface area contributed by atoms with Crippen LogP contribution < -0.4 is 5.73 Å². The van der Waals surface area contributed by atoms with Crippen LogP contribution in [0, 0.1) is 13.8 Å². The summed E-state index contributed by atoms with van der Waals surface area (Å²) in [6, 6.07) is 0. The van der Waals surface area contributed by atoms with Gasteiger partial charge in [0.05, 0.1) is 18.6 Å². The van der Waals surface area contributed by atoms with Gasteiger partial charge in [0.15, 0.2) is 0 Å². The summed E-state index contributed by atoms with van der Waals surface area (Å²) < 4.78 is 2.04. The monoisotopic (exact) mass is 209 g/mol. The maximum absolute atomic E-state index is 5.50. The number of hydrogen-bond acceptors (Lipinski definition) is 5. The minimum absolute atomic E-state index is 0.509. The highest BCUT2D eigenvalue weighted by molar-refractivity contribution is 7.15. The molecule has 0 bridgehead atoms. The van der Waals surface area contributed by atoms with Crippen molar-refractivity contribution < 1.29 is 0 Å². The largest absolute Gasteiger partial charge is 0.374 e. The summed E-state index contributed by atoms with van der Waals surface area (Å²) in [5.41, 5.74) is 7.69. The minimum Gasteiger partial charge on any atom is -0.374 e. The van der Waals surface area contributed by atoms with Gasteiger partial charge in [-0.3, -0.25) is 0 Å². The van der Waals surface area contributed by atoms with Crippen LogP contribution in [-0.4, -0.2) is 19.7 Å². The fraction of sp³-hybridized carbons (Fsp3) is 0.375. The molecule has 14 heavy (non-hydrogen) atoms. The zero-order chi connectivity index (χ0) is 10.1. The van der Waals surface area contributed by atoms with Gasteiger partial charge in [-0.2, -0.15) is 0 Å². The summed E-state index contributed by atoms with van der Waals surface area (Å²) in [5, 5.41) is 9.13. The van der Waals surface area contributed by atoms with E-state index in [4.69, 9.17) is 5.73 Å². The molecule has 0 aliphatic rings. The highest BCUT2D eigenvalue weighted by Gasteiger charge is 2.05. The van der Waals surface area contributed by atoms with Crippen LogP contribution in [0.15, 0.2) is 6.33 Å². The molecular formula is C8H11N5S. The number of nitrogen functional groups attached to an aromatic ring is 1. The third-order valence-electron chi connectivity index (χ3n) is 2.13. The molecule has 0 fully saturated rings. The lowest BCUT2D eigenvalue weighted by Gasteiger charge is -2.00. The highest BCUT2D eigenvalue weighted by atomic mass is 32.1. The zero-order valence-electron chi connectivity index (χ0n) is 8.06. The number of imidazole rings is 1. The number of nitrogens with zero attached hydrogens (tertiary/aromatic N) is 4. The molecule has 2 aromatic rings. The van der Waals surface area contributed by atoms with Crippen molar-refractivity contribution in [2.24, 2.45) is 0 Å². The molecule has 0 spiro atoms. The lowest BCUT2D eigenvalue weighted by molar-refractivity contribution is 0.752. The summed E-state index contributed by atoms with van der Waals surface area (Å²) >= 11 is 1.41. The number of aromatic nitrogens is 4. The summed E-state index contributed by atoms with van der Waals surface area (Å²) in [7, 11) is 0. The fourth-order valence-corrected chi connectivity index (χ4v) is 1.79. The Morgan fingerprint density at radius 3 is 2.71 bits per heavy atom. The van der Waals surface area contributed by atoms with Gasteiger partial charge >= 0.3 is 0 Å². The molecule has 0 saturated heterocycles. The third kappa shape index (κ3) is 1.60. The molecule has 0 saturated carbocycles. The van der Waals surface area contributed by atoms with E-state index in [1.54, 1.807) is 0 Å². The second-order valence-electron chi connectivity index (χ2n) is 3.08. The number of hydrogen-bond donors (Lipinski definition) is 1. The summed E-state index contributed by atoms with van der Waals surface area (Å²) in [6.45, 7) is 4.72. The predicted molar refractivity (Wildman–Crippen MR) is 55.1 cm³/mol. The van der Waals surface area contributed by atoms with Gasteiger partial charge in [0.25, 0.3) is 0 Å². The molecule has 0 radical (unpaired) electrons. The Morgan fingerprint density at radius 1 is 1.43 bits per heavy atom. The second kappa shape index (κ2) is 3.38. The van der Waals surface area contributed by atoms with E-state index in [0.717, 1.165) is 16.4 Å². The molecule has 74 valence electrons. The quantitative estimate of drug-likeness (QED) is 0.800. The maximum Gasteiger partial charge on any atom is 0.203 e. The van der Waals surface area contributed by atoms with E-state index < -0.39 is 0 Å². The van der Waals surface area contributed by atoms with Gasteiger partial charge in [0.1, 0.15) is 5.01 Å². The van der Waals surface area contributed by atoms with Gasteiger partial charge in [0.2, 0.25) is 5.13 Å². The van der Waals surface area contributed by atoms with Gasteiger partial charge in [-0.15, -0.1) is 10.2 Å². The lowest BCUT2D eigenvalue weighted by Crippen LogP contribution is -2.00. The van der Waals surface area contributed by atoms with Gasteiger partial charge in [0, 0.05) is 5.69 Å². The Labute approximate surface area is 85.6 Å². The van der Waals surface area contributed by atoms with Crippen LogP contribution in [0.3, 0.4) is 0 Å². The van der Waals surface area contributed by atoms with Crippen molar-refractivity contribution in [2.45, 2.75) is 20.4 Å². The van der Waals surface area contributed by atoms with Crippen molar-refractivity contribution in [3.05, 3.63) is 22.7 Å². The number of aryl methyl sites for hydroxylation is 1. The number of nitrogens with two attached hydrogens (primary N) is 1. The Hall–Kier alpha value is -1.43. The topological polar surface area (TPSA) is 69.6 Å². The van der Waals surface area contributed by atoms with E-state index in [-0.39, 0.29) is 0 Å². The van der Waals surface area contributed by atoms with Gasteiger partial charge < -0.3 is 10.3 Å². The van der Waals surface area contributed by atoms with Crippen molar-refractivity contribution >= 4 is 16.5 Å². The molecular weight excluding hydrogens is 198 g/mol. The van der Waals surface area contributed by atoms with E-state index in [0.29, 0.717) is 11.7 Å². The Morgan fingerprint density at radius 2 is 2.21 bits per heavy atom. The molecule has 5 nitrogen and oxygen atoms in total. The van der Waals surface area contributed by atoms with E-state index in [2.05, 4.69) is 15.2 Å². The van der Waals surface area contributed by atoms with Crippen molar-refractivity contribution in [1.82, 2.24) is 19.7 Å². The Balaban J connectivity index is 2.22. The van der Waals surface area contributed by atoms with Crippen LogP contribution >= 0.6 is 11.3 Å². The highest BCUT2D eigenvalue weighted by Crippen LogP contribution is 2.14. The molecule has 2 heterocycles. The van der Waals surface area contributed by atoms with Gasteiger partial charge in [-0.05, 0) is 13.8 Å². The standard InChI is InChI=1S/C8H11N5S/c1-5-6(2)13(4-10-5)3-7-11-12-8(9)14-7/h4H,3H2,1-2H3,(H2,9,12). The molecule has 0 atom stereocenters. The average molecular weight is 209 g/mol. The smallest absolute Gasteiger partial charge is 0.203 e. The average Bonchev–Trinajstić information content (AvgIpc) is 2.67. The van der Waals surface area contributed by atoms with Crippen molar-refractivity contribution in [3.63, 3.8) is 0 Å². The number of rotatable bonds is 2. The molecule has 0 aliphatic carbocycles. The van der Waals surface area contributed by atoms with Crippen molar-refractivity contribution in [3.8, 4) is 0 Å². The third-order valence-corrected chi connectivity index (χ3v) is 2.87. The fourth-order valence-electron chi connectivity index (χ4n) is 1.18. The van der Waals surface area contributed by atoms with E-state index in [1.165, 1.54) is 11.3 Å². The Kier molecular flexibility index (Phi) is 2.20. The van der Waals surface area contributed by atoms with Crippen LogP contribution in [0.5, 0.6) is 0 Å². The molecule has 0 aliphatic heterocycles. The van der Waals surface area contributed by atoms with E-state index >= 15 is 0 Å². The molecule has 2 rings (SSSR count). The van der Waals surface area contributed by atoms with Crippen molar-refractivity contribution in [1.29, 1.82) is 0 Å². The summed E-state index contributed by atoms with van der Waals surface area (Å²) in [4.78, 5) is 4.21. The Bertz CT molecular complexity index is 444. The maximum atomic E-state index is 5.50. The van der Waals surface area contributed by atoms with Gasteiger partial charge in [-0.1, -0.05) is 11.3 Å². The van der Waals surface area contributed by atoms with Crippen LogP contribution in [0.25, 0.3) is 0 Å². The second-order valence-corrected chi connectivity index (χ2v) is 4.17. The van der Waals surface area contributed by atoms with Gasteiger partial charge in [-0.25, -0.2) is 4.98 Å². The molecule has 6 heteroatoms. The van der Waals surface area contributed by atoms with Crippen LogP contribution in [0.1, 0.15) is 16.4 Å². The SMILES string of the molecule is Cc1ncn(Cc2nnc(N)s2)c1C. The first kappa shape index (κ1) is 9.14. The van der Waals surface area contributed by atoms with Crippen LogP contribution in [-0.2, 0) is 6.54 Å². The lowest BCUT2D eigenvalue weighted by atomic mass is 10.4. The van der Waals surface area contributed by atoms with Crippen LogP contribution in [0.4, 0.5) is 5.13 Å². The normalized spacial score (nSPS) is 10.7. The predicted octanol–water partition coefficient (Wildman–Crippen LogP) is 0.982. The minimum atomic E-state index is 0.509. The first-order valence-electron chi connectivity index (χ1n) is 4.23. The van der Waals surface area contributed by atoms with E-state index in [1.807, 2.05) is 24.7 Å². The molecule has 2 aromatic heterocycles.